The molecule has 3 unspecified atom stereocenters. The van der Waals surface area contributed by atoms with Crippen LogP contribution in [0.4, 0.5) is 25.2 Å². The first-order valence-electron chi connectivity index (χ1n) is 12.9. The van der Waals surface area contributed by atoms with Gasteiger partial charge in [0.15, 0.2) is 17.5 Å². The molecule has 0 aliphatic rings. The first kappa shape index (κ1) is 36.5. The first-order chi connectivity index (χ1) is 15.5. The summed E-state index contributed by atoms with van der Waals surface area (Å²) in [5.41, 5.74) is 0. The Hall–Kier alpha value is 0.320. The van der Waals surface area contributed by atoms with Gasteiger partial charge in [0.2, 0.25) is 0 Å². The zero-order chi connectivity index (χ0) is 27.0. The predicted molar refractivity (Wildman–Crippen MR) is 135 cm³/mol. The fourth-order valence-corrected chi connectivity index (χ4v) is 9.19. The average Bonchev–Trinajstić information content (AvgIpc) is 2.73. The van der Waals surface area contributed by atoms with E-state index in [2.05, 4.69) is 6.92 Å². The van der Waals surface area contributed by atoms with Crippen LogP contribution in [0.15, 0.2) is 0 Å². The Morgan fingerprint density at radius 2 is 0.735 bits per heavy atom. The first-order valence-corrected chi connectivity index (χ1v) is 17.1. The molecule has 0 aliphatic carbocycles. The van der Waals surface area contributed by atoms with E-state index in [4.69, 9.17) is 0 Å². The molecule has 11 heteroatoms. The Bertz CT molecular complexity index is 468. The zero-order valence-electron chi connectivity index (χ0n) is 21.5. The van der Waals surface area contributed by atoms with E-state index in [0.717, 1.165) is 19.0 Å². The van der Waals surface area contributed by atoms with Crippen molar-refractivity contribution in [2.24, 2.45) is 0 Å². The van der Waals surface area contributed by atoms with Crippen LogP contribution in [0.25, 0.3) is 0 Å². The summed E-state index contributed by atoms with van der Waals surface area (Å²) >= 11 is 0. The molecule has 3 nitrogen and oxygen atoms in total. The number of rotatable bonds is 19. The van der Waals surface area contributed by atoms with Crippen LogP contribution in [0.1, 0.15) is 124 Å². The number of halogens is 6. The normalized spacial score (nSPS) is 18.6. The summed E-state index contributed by atoms with van der Waals surface area (Å²) in [4.78, 5) is 0. The van der Waals surface area contributed by atoms with Crippen LogP contribution in [0.5, 0.6) is 0 Å². The van der Waals surface area contributed by atoms with Crippen molar-refractivity contribution in [1.29, 1.82) is 0 Å². The third-order valence-electron chi connectivity index (χ3n) is 6.16. The van der Waals surface area contributed by atoms with Crippen LogP contribution in [0, 0.1) is 0 Å². The van der Waals surface area contributed by atoms with Gasteiger partial charge in [0.1, 0.15) is 7.26 Å². The molecule has 3 N–H and O–H groups in total. The number of aliphatic hydroxyl groups excluding tert-OH is 3. The molecule has 34 heavy (non-hydrogen) atoms. The van der Waals surface area contributed by atoms with Gasteiger partial charge in [-0.25, -0.2) is 0 Å². The molecule has 0 amide bonds. The third kappa shape index (κ3) is 20.5. The average molecular weight is 551 g/mol. The van der Waals surface area contributed by atoms with E-state index in [1.54, 1.807) is 0 Å². The third-order valence-corrected chi connectivity index (χ3v) is 11.7. The van der Waals surface area contributed by atoms with E-state index in [1.807, 2.05) is 20.8 Å². The standard InChI is InChI=1S/C23H50O3P.F6P/c1-5-9-10-11-12-13-14-15-16-17-18-19-20-27(21(24)6-2,22(25)7-3)23(26)8-4;1-7(2,3,4,5)6/h21-26H,5-20H2,1-4H3;/q+1;-1. The Balaban J connectivity index is 0. The molecule has 0 fully saturated rings. The molecule has 0 heterocycles. The van der Waals surface area contributed by atoms with Gasteiger partial charge in [-0.3, -0.25) is 0 Å². The van der Waals surface area contributed by atoms with Gasteiger partial charge in [-0.2, -0.15) is 0 Å². The van der Waals surface area contributed by atoms with Crippen molar-refractivity contribution in [3.8, 4) is 0 Å². The molecule has 0 rings (SSSR count). The van der Waals surface area contributed by atoms with E-state index >= 15 is 0 Å². The quantitative estimate of drug-likeness (QED) is 0.0852. The minimum absolute atomic E-state index is 0.532. The molecule has 0 aromatic rings. The summed E-state index contributed by atoms with van der Waals surface area (Å²) < 4.78 is 59.2. The molecule has 0 bridgehead atoms. The fourth-order valence-electron chi connectivity index (χ4n) is 4.29. The molecular weight excluding hydrogens is 500 g/mol. The monoisotopic (exact) mass is 550 g/mol. The van der Waals surface area contributed by atoms with Gasteiger partial charge in [-0.15, -0.1) is 0 Å². The molecular formula is C23H50F6O3P2. The Kier molecular flexibility index (Phi) is 17.4. The Morgan fingerprint density at radius 1 is 0.500 bits per heavy atom. The zero-order valence-corrected chi connectivity index (χ0v) is 23.3. The van der Waals surface area contributed by atoms with Crippen LogP contribution in [0.2, 0.25) is 0 Å². The van der Waals surface area contributed by atoms with E-state index in [0.29, 0.717) is 19.3 Å². The predicted octanol–water partition coefficient (Wildman–Crippen LogP) is 10.3. The van der Waals surface area contributed by atoms with Crippen molar-refractivity contribution in [3.05, 3.63) is 0 Å². The van der Waals surface area contributed by atoms with Crippen molar-refractivity contribution in [3.63, 3.8) is 0 Å². The summed E-state index contributed by atoms with van der Waals surface area (Å²) in [5, 5.41) is 32.0. The number of hydrogen-bond donors (Lipinski definition) is 3. The molecule has 0 radical (unpaired) electrons. The molecule has 0 aromatic heterocycles. The number of unbranched alkanes of at least 4 members (excludes halogenated alkanes) is 11. The summed E-state index contributed by atoms with van der Waals surface area (Å²) in [6.07, 6.45) is 18.4. The minimum atomic E-state index is -10.7. The van der Waals surface area contributed by atoms with Crippen molar-refractivity contribution < 1.29 is 40.5 Å². The van der Waals surface area contributed by atoms with Crippen LogP contribution in [-0.2, 0) is 0 Å². The van der Waals surface area contributed by atoms with E-state index in [1.165, 1.54) is 64.2 Å². The maximum absolute atomic E-state index is 10.7. The van der Waals surface area contributed by atoms with Crippen LogP contribution >= 0.6 is 15.1 Å². The van der Waals surface area contributed by atoms with Gasteiger partial charge >= 0.3 is 33.0 Å². The van der Waals surface area contributed by atoms with Gasteiger partial charge < -0.3 is 15.3 Å². The fraction of sp³-hybridized carbons (Fsp3) is 1.00. The molecule has 0 aliphatic heterocycles. The van der Waals surface area contributed by atoms with Crippen LogP contribution in [0.3, 0.4) is 0 Å². The van der Waals surface area contributed by atoms with Gasteiger partial charge in [0, 0.05) is 19.3 Å². The van der Waals surface area contributed by atoms with Gasteiger partial charge in [0.25, 0.3) is 0 Å². The summed E-state index contributed by atoms with van der Waals surface area (Å²) in [7, 11) is -12.8. The molecule has 3 atom stereocenters. The molecule has 0 aromatic carbocycles. The summed E-state index contributed by atoms with van der Waals surface area (Å²) in [5.74, 6) is -1.60. The van der Waals surface area contributed by atoms with Gasteiger partial charge in [-0.1, -0.05) is 91.9 Å². The van der Waals surface area contributed by atoms with Crippen LogP contribution < -0.4 is 0 Å². The summed E-state index contributed by atoms with van der Waals surface area (Å²) in [6.45, 7) is 8.16. The second-order valence-corrected chi connectivity index (χ2v) is 15.4. The topological polar surface area (TPSA) is 60.7 Å². The molecule has 0 saturated heterocycles. The summed E-state index contributed by atoms with van der Waals surface area (Å²) in [6, 6.07) is 0. The number of aliphatic hydroxyl groups is 3. The van der Waals surface area contributed by atoms with E-state index in [9.17, 15) is 40.5 Å². The van der Waals surface area contributed by atoms with E-state index in [-0.39, 0.29) is 0 Å². The Morgan fingerprint density at radius 3 is 0.971 bits per heavy atom. The van der Waals surface area contributed by atoms with Crippen molar-refractivity contribution in [2.45, 2.75) is 142 Å². The molecule has 212 valence electrons. The maximum atomic E-state index is 10.7. The number of hydrogen-bond acceptors (Lipinski definition) is 3. The SMILES string of the molecule is CCCCCCCCCCCCCC[P+](C(O)CC)(C(O)CC)C(O)CC.F[P-](F)(F)(F)(F)F. The van der Waals surface area contributed by atoms with Crippen molar-refractivity contribution in [1.82, 2.24) is 0 Å². The van der Waals surface area contributed by atoms with Gasteiger partial charge in [-0.05, 0) is 12.8 Å². The van der Waals surface area contributed by atoms with E-state index < -0.39 is 32.6 Å². The Labute approximate surface area is 203 Å². The van der Waals surface area contributed by atoms with Crippen molar-refractivity contribution >= 4 is 15.1 Å². The second kappa shape index (κ2) is 16.2. The van der Waals surface area contributed by atoms with Gasteiger partial charge in [0.05, 0.1) is 6.16 Å². The molecule has 0 saturated carbocycles. The second-order valence-electron chi connectivity index (χ2n) is 9.23. The van der Waals surface area contributed by atoms with Crippen molar-refractivity contribution in [2.75, 3.05) is 6.16 Å². The molecule has 0 spiro atoms. The van der Waals surface area contributed by atoms with Crippen LogP contribution in [-0.4, -0.2) is 39.0 Å².